The van der Waals surface area contributed by atoms with E-state index in [9.17, 15) is 0 Å². The minimum atomic E-state index is 0.0570. The molecule has 0 spiro atoms. The average Bonchev–Trinajstić information content (AvgIpc) is 3.05. The van der Waals surface area contributed by atoms with Gasteiger partial charge in [-0.05, 0) is 55.7 Å². The summed E-state index contributed by atoms with van der Waals surface area (Å²) in [5.41, 5.74) is 5.13. The summed E-state index contributed by atoms with van der Waals surface area (Å²) in [6.07, 6.45) is 6.21. The highest BCUT2D eigenvalue weighted by atomic mass is 16.3. The van der Waals surface area contributed by atoms with E-state index in [-0.39, 0.29) is 5.54 Å². The molecule has 22 heavy (non-hydrogen) atoms. The fourth-order valence-electron chi connectivity index (χ4n) is 2.92. The van der Waals surface area contributed by atoms with Crippen molar-refractivity contribution in [2.75, 3.05) is 10.6 Å². The molecule has 3 heteroatoms. The maximum absolute atomic E-state index is 5.37. The largest absolute Gasteiger partial charge is 0.467 e. The molecule has 0 saturated carbocycles. The van der Waals surface area contributed by atoms with Crippen LogP contribution in [-0.2, 0) is 6.54 Å². The Hall–Kier alpha value is -2.16. The zero-order chi connectivity index (χ0) is 15.6. The Kier molecular flexibility index (Phi) is 3.97. The molecular formula is C19H24N2O. The first-order valence-electron chi connectivity index (χ1n) is 8.04. The molecule has 1 aromatic heterocycles. The summed E-state index contributed by atoms with van der Waals surface area (Å²) in [6, 6.07) is 10.4. The number of fused-ring (bicyclic) bond motifs is 1. The average molecular weight is 296 g/mol. The highest BCUT2D eigenvalue weighted by Gasteiger charge is 2.26. The summed E-state index contributed by atoms with van der Waals surface area (Å²) in [4.78, 5) is 0. The van der Waals surface area contributed by atoms with Crippen LogP contribution in [0.2, 0.25) is 0 Å². The van der Waals surface area contributed by atoms with Gasteiger partial charge in [0, 0.05) is 16.9 Å². The molecule has 1 atom stereocenters. The Bertz CT molecular complexity index is 673. The fraction of sp³-hybridized carbons (Fsp3) is 0.368. The number of nitrogens with one attached hydrogen (secondary N) is 2. The van der Waals surface area contributed by atoms with Crippen molar-refractivity contribution in [2.45, 2.75) is 45.7 Å². The van der Waals surface area contributed by atoms with E-state index in [1.165, 1.54) is 16.8 Å². The van der Waals surface area contributed by atoms with Crippen LogP contribution < -0.4 is 10.6 Å². The number of hydrogen-bond donors (Lipinski definition) is 2. The van der Waals surface area contributed by atoms with E-state index in [1.54, 1.807) is 6.26 Å². The van der Waals surface area contributed by atoms with Gasteiger partial charge in [0.2, 0.25) is 0 Å². The Morgan fingerprint density at radius 3 is 2.77 bits per heavy atom. The van der Waals surface area contributed by atoms with Crippen LogP contribution in [0.25, 0.3) is 5.57 Å². The predicted molar refractivity (Wildman–Crippen MR) is 93.1 cm³/mol. The molecule has 1 aliphatic heterocycles. The molecule has 3 nitrogen and oxygen atoms in total. The van der Waals surface area contributed by atoms with Crippen LogP contribution in [-0.4, -0.2) is 5.54 Å². The van der Waals surface area contributed by atoms with Gasteiger partial charge in [0.15, 0.2) is 0 Å². The summed E-state index contributed by atoms with van der Waals surface area (Å²) >= 11 is 0. The molecule has 0 radical (unpaired) electrons. The summed E-state index contributed by atoms with van der Waals surface area (Å²) in [5.74, 6) is 0.945. The van der Waals surface area contributed by atoms with Crippen LogP contribution in [0, 0.1) is 0 Å². The standard InChI is InChI=1S/C19H24N2O/c1-4-14-12-19(3,5-2)21-18-9-8-15(11-17(14)18)20-13-16-7-6-10-22-16/h6-12,20-21H,4-5,13H2,1-3H3. The first-order valence-corrected chi connectivity index (χ1v) is 8.04. The number of furan rings is 1. The van der Waals surface area contributed by atoms with Gasteiger partial charge in [0.05, 0.1) is 18.3 Å². The third-order valence-corrected chi connectivity index (χ3v) is 4.44. The van der Waals surface area contributed by atoms with E-state index in [1.807, 2.05) is 12.1 Å². The Morgan fingerprint density at radius 1 is 1.23 bits per heavy atom. The lowest BCUT2D eigenvalue weighted by Gasteiger charge is -2.35. The third kappa shape index (κ3) is 2.89. The van der Waals surface area contributed by atoms with Gasteiger partial charge in [-0.1, -0.05) is 19.9 Å². The van der Waals surface area contributed by atoms with Crippen LogP contribution in [0.1, 0.15) is 44.9 Å². The minimum absolute atomic E-state index is 0.0570. The topological polar surface area (TPSA) is 37.2 Å². The van der Waals surface area contributed by atoms with E-state index in [0.717, 1.165) is 24.3 Å². The van der Waals surface area contributed by atoms with Gasteiger partial charge < -0.3 is 15.1 Å². The lowest BCUT2D eigenvalue weighted by Crippen LogP contribution is -2.34. The van der Waals surface area contributed by atoms with Crippen molar-refractivity contribution in [1.82, 2.24) is 0 Å². The van der Waals surface area contributed by atoms with Crippen LogP contribution in [0.5, 0.6) is 0 Å². The van der Waals surface area contributed by atoms with Crippen molar-refractivity contribution in [3.63, 3.8) is 0 Å². The van der Waals surface area contributed by atoms with Crippen molar-refractivity contribution < 1.29 is 4.42 Å². The Balaban J connectivity index is 1.84. The molecule has 3 rings (SSSR count). The van der Waals surface area contributed by atoms with E-state index >= 15 is 0 Å². The number of anilines is 2. The first kappa shape index (κ1) is 14.8. The zero-order valence-electron chi connectivity index (χ0n) is 13.6. The molecular weight excluding hydrogens is 272 g/mol. The number of benzene rings is 1. The van der Waals surface area contributed by atoms with Crippen molar-refractivity contribution in [2.24, 2.45) is 0 Å². The lowest BCUT2D eigenvalue weighted by molar-refractivity contribution is 0.518. The van der Waals surface area contributed by atoms with Gasteiger partial charge in [-0.15, -0.1) is 0 Å². The molecule has 0 fully saturated rings. The number of rotatable bonds is 5. The van der Waals surface area contributed by atoms with Gasteiger partial charge in [-0.25, -0.2) is 0 Å². The van der Waals surface area contributed by atoms with Crippen LogP contribution in [0.15, 0.2) is 47.1 Å². The van der Waals surface area contributed by atoms with Crippen molar-refractivity contribution in [3.05, 3.63) is 54.0 Å². The summed E-state index contributed by atoms with van der Waals surface area (Å²) < 4.78 is 5.37. The van der Waals surface area contributed by atoms with Gasteiger partial charge in [-0.2, -0.15) is 0 Å². The molecule has 2 heterocycles. The maximum Gasteiger partial charge on any atom is 0.122 e. The molecule has 1 aromatic carbocycles. The van der Waals surface area contributed by atoms with E-state index in [4.69, 9.17) is 4.42 Å². The number of allylic oxidation sites excluding steroid dienone is 1. The zero-order valence-corrected chi connectivity index (χ0v) is 13.6. The van der Waals surface area contributed by atoms with Crippen LogP contribution in [0.4, 0.5) is 11.4 Å². The molecule has 2 aromatic rings. The lowest BCUT2D eigenvalue weighted by atomic mass is 9.86. The van der Waals surface area contributed by atoms with Gasteiger partial charge in [0.25, 0.3) is 0 Å². The molecule has 0 amide bonds. The van der Waals surface area contributed by atoms with Crippen molar-refractivity contribution >= 4 is 16.9 Å². The van der Waals surface area contributed by atoms with E-state index in [2.05, 4.69) is 55.7 Å². The minimum Gasteiger partial charge on any atom is -0.467 e. The molecule has 0 aliphatic carbocycles. The summed E-state index contributed by atoms with van der Waals surface area (Å²) in [6.45, 7) is 7.41. The SMILES string of the molecule is CCC1=CC(C)(CC)Nc2ccc(NCc3ccco3)cc21. The second kappa shape index (κ2) is 5.91. The van der Waals surface area contributed by atoms with Gasteiger partial charge in [-0.3, -0.25) is 0 Å². The second-order valence-electron chi connectivity index (χ2n) is 6.11. The van der Waals surface area contributed by atoms with Gasteiger partial charge >= 0.3 is 0 Å². The normalized spacial score (nSPS) is 20.0. The van der Waals surface area contributed by atoms with E-state index < -0.39 is 0 Å². The van der Waals surface area contributed by atoms with Crippen molar-refractivity contribution in [3.8, 4) is 0 Å². The number of hydrogen-bond acceptors (Lipinski definition) is 3. The quantitative estimate of drug-likeness (QED) is 0.788. The molecule has 1 aliphatic rings. The second-order valence-corrected chi connectivity index (χ2v) is 6.11. The monoisotopic (exact) mass is 296 g/mol. The maximum atomic E-state index is 5.37. The Morgan fingerprint density at radius 2 is 2.09 bits per heavy atom. The highest BCUT2D eigenvalue weighted by Crippen LogP contribution is 2.38. The summed E-state index contributed by atoms with van der Waals surface area (Å²) in [5, 5.41) is 7.09. The molecule has 1 unspecified atom stereocenters. The van der Waals surface area contributed by atoms with Gasteiger partial charge in [0.1, 0.15) is 5.76 Å². The Labute approximate surface area is 132 Å². The van der Waals surface area contributed by atoms with E-state index in [0.29, 0.717) is 6.54 Å². The van der Waals surface area contributed by atoms with Crippen LogP contribution >= 0.6 is 0 Å². The smallest absolute Gasteiger partial charge is 0.122 e. The first-order chi connectivity index (χ1) is 10.6. The fourth-order valence-corrected chi connectivity index (χ4v) is 2.92. The third-order valence-electron chi connectivity index (χ3n) is 4.44. The molecule has 2 N–H and O–H groups in total. The summed E-state index contributed by atoms with van der Waals surface area (Å²) in [7, 11) is 0. The van der Waals surface area contributed by atoms with Crippen LogP contribution in [0.3, 0.4) is 0 Å². The molecule has 116 valence electrons. The van der Waals surface area contributed by atoms with Crippen molar-refractivity contribution in [1.29, 1.82) is 0 Å². The molecule has 0 bridgehead atoms. The predicted octanol–water partition coefficient (Wildman–Crippen LogP) is 5.28. The molecule has 0 saturated heterocycles. The highest BCUT2D eigenvalue weighted by molar-refractivity contribution is 5.83.